The van der Waals surface area contributed by atoms with E-state index in [2.05, 4.69) is 50.0 Å². The molecule has 0 aliphatic rings. The minimum Gasteiger partial charge on any atom is -0.292 e. The van der Waals surface area contributed by atoms with E-state index >= 15 is 0 Å². The minimum absolute atomic E-state index is 0.116. The quantitative estimate of drug-likeness (QED) is 0.661. The molecule has 0 fully saturated rings. The van der Waals surface area contributed by atoms with Crippen molar-refractivity contribution >= 4 is 43.6 Å². The van der Waals surface area contributed by atoms with Crippen LogP contribution in [0.5, 0.6) is 0 Å². The third kappa shape index (κ3) is 3.45. The van der Waals surface area contributed by atoms with Crippen LogP contribution in [-0.2, 0) is 13.1 Å². The fourth-order valence-corrected chi connectivity index (χ4v) is 4.66. The molecule has 3 rings (SSSR count). The largest absolute Gasteiger partial charge is 0.292 e. The molecule has 0 saturated carbocycles. The number of halogens is 1. The van der Waals surface area contributed by atoms with Crippen molar-refractivity contribution in [1.29, 1.82) is 0 Å². The van der Waals surface area contributed by atoms with E-state index in [-0.39, 0.29) is 5.56 Å². The summed E-state index contributed by atoms with van der Waals surface area (Å²) in [5.74, 6) is 0. The molecule has 0 unspecified atom stereocenters. The SMILES string of the molecule is CCN(Cc1ccc(Br)s1)Cc1nn2c(=O)cc(C)nc2s1. The molecule has 0 N–H and O–H groups in total. The molecule has 3 aromatic rings. The number of nitrogens with zero attached hydrogens (tertiary/aromatic N) is 4. The van der Waals surface area contributed by atoms with Crippen molar-refractivity contribution < 1.29 is 0 Å². The Morgan fingerprint density at radius 3 is 2.82 bits per heavy atom. The predicted molar refractivity (Wildman–Crippen MR) is 93.7 cm³/mol. The second-order valence-electron chi connectivity index (χ2n) is 4.94. The van der Waals surface area contributed by atoms with Gasteiger partial charge in [0.05, 0.1) is 10.3 Å². The molecular formula is C14H15BrN4OS2. The van der Waals surface area contributed by atoms with Crippen LogP contribution in [0, 0.1) is 6.92 Å². The molecule has 3 heterocycles. The maximum Gasteiger partial charge on any atom is 0.275 e. The number of thiophene rings is 1. The Hall–Kier alpha value is -1.09. The molecule has 0 saturated heterocycles. The van der Waals surface area contributed by atoms with E-state index in [9.17, 15) is 4.79 Å². The lowest BCUT2D eigenvalue weighted by molar-refractivity contribution is 0.272. The lowest BCUT2D eigenvalue weighted by atomic mass is 10.4. The lowest BCUT2D eigenvalue weighted by Gasteiger charge is -2.17. The summed E-state index contributed by atoms with van der Waals surface area (Å²) in [5.41, 5.74) is 0.617. The first-order valence-corrected chi connectivity index (χ1v) is 9.30. The smallest absolute Gasteiger partial charge is 0.275 e. The van der Waals surface area contributed by atoms with Gasteiger partial charge in [-0.15, -0.1) is 11.3 Å². The Morgan fingerprint density at radius 1 is 1.32 bits per heavy atom. The van der Waals surface area contributed by atoms with Gasteiger partial charge in [0.25, 0.3) is 5.56 Å². The topological polar surface area (TPSA) is 50.5 Å². The molecule has 0 amide bonds. The normalized spacial score (nSPS) is 11.6. The monoisotopic (exact) mass is 398 g/mol. The van der Waals surface area contributed by atoms with E-state index in [4.69, 9.17) is 0 Å². The van der Waals surface area contributed by atoms with Gasteiger partial charge in [-0.2, -0.15) is 9.61 Å². The maximum absolute atomic E-state index is 11.9. The van der Waals surface area contributed by atoms with Crippen molar-refractivity contribution in [3.8, 4) is 0 Å². The fourth-order valence-electron chi connectivity index (χ4n) is 2.15. The zero-order valence-electron chi connectivity index (χ0n) is 12.2. The van der Waals surface area contributed by atoms with Crippen LogP contribution in [0.1, 0.15) is 22.5 Å². The molecule has 3 aromatic heterocycles. The van der Waals surface area contributed by atoms with Crippen LogP contribution in [0.25, 0.3) is 4.96 Å². The third-order valence-electron chi connectivity index (χ3n) is 3.23. The molecular weight excluding hydrogens is 384 g/mol. The van der Waals surface area contributed by atoms with Gasteiger partial charge in [0.1, 0.15) is 5.01 Å². The molecule has 22 heavy (non-hydrogen) atoms. The molecule has 0 aromatic carbocycles. The Labute approximate surface area is 144 Å². The van der Waals surface area contributed by atoms with Crippen molar-refractivity contribution in [2.24, 2.45) is 0 Å². The molecule has 0 atom stereocenters. The highest BCUT2D eigenvalue weighted by atomic mass is 79.9. The van der Waals surface area contributed by atoms with Crippen molar-refractivity contribution in [2.45, 2.75) is 26.9 Å². The second kappa shape index (κ2) is 6.57. The number of hydrogen-bond donors (Lipinski definition) is 0. The van der Waals surface area contributed by atoms with Gasteiger partial charge in [0.2, 0.25) is 4.96 Å². The van der Waals surface area contributed by atoms with Crippen LogP contribution in [0.3, 0.4) is 0 Å². The van der Waals surface area contributed by atoms with Crippen LogP contribution < -0.4 is 5.56 Å². The first kappa shape index (κ1) is 15.8. The minimum atomic E-state index is -0.116. The van der Waals surface area contributed by atoms with Gasteiger partial charge < -0.3 is 0 Å². The zero-order valence-corrected chi connectivity index (χ0v) is 15.5. The van der Waals surface area contributed by atoms with Crippen molar-refractivity contribution in [3.63, 3.8) is 0 Å². The maximum atomic E-state index is 11.9. The molecule has 0 aliphatic heterocycles. The van der Waals surface area contributed by atoms with Crippen LogP contribution in [0.2, 0.25) is 0 Å². The van der Waals surface area contributed by atoms with Crippen LogP contribution in [-0.4, -0.2) is 26.0 Å². The summed E-state index contributed by atoms with van der Waals surface area (Å²) in [7, 11) is 0. The van der Waals surface area contributed by atoms with Crippen molar-refractivity contribution in [2.75, 3.05) is 6.54 Å². The van der Waals surface area contributed by atoms with E-state index in [0.717, 1.165) is 34.1 Å². The molecule has 0 spiro atoms. The van der Waals surface area contributed by atoms with E-state index < -0.39 is 0 Å². The Balaban J connectivity index is 1.81. The van der Waals surface area contributed by atoms with Gasteiger partial charge in [0, 0.05) is 23.2 Å². The van der Waals surface area contributed by atoms with Gasteiger partial charge >= 0.3 is 0 Å². The molecule has 0 aliphatic carbocycles. The summed E-state index contributed by atoms with van der Waals surface area (Å²) in [4.78, 5) is 20.6. The third-order valence-corrected chi connectivity index (χ3v) is 5.73. The Bertz CT molecular complexity index is 854. The van der Waals surface area contributed by atoms with Gasteiger partial charge in [-0.3, -0.25) is 9.69 Å². The lowest BCUT2D eigenvalue weighted by Crippen LogP contribution is -2.22. The van der Waals surface area contributed by atoms with E-state index in [1.165, 1.54) is 26.8 Å². The number of aryl methyl sites for hydroxylation is 1. The second-order valence-corrected chi connectivity index (χ2v) is 8.52. The average Bonchev–Trinajstić information content (AvgIpc) is 3.04. The van der Waals surface area contributed by atoms with Crippen molar-refractivity contribution in [1.82, 2.24) is 19.5 Å². The summed E-state index contributed by atoms with van der Waals surface area (Å²) in [6.45, 7) is 6.48. The van der Waals surface area contributed by atoms with Gasteiger partial charge in [0.15, 0.2) is 0 Å². The molecule has 8 heteroatoms. The standard InChI is InChI=1S/C14H15BrN4OS2/c1-3-18(7-10-4-5-11(15)21-10)8-12-17-19-13(20)6-9(2)16-14(19)22-12/h4-6H,3,7-8H2,1-2H3. The Morgan fingerprint density at radius 2 is 2.14 bits per heavy atom. The van der Waals surface area contributed by atoms with Gasteiger partial charge in [-0.05, 0) is 41.5 Å². The Kier molecular flexibility index (Phi) is 4.72. The molecule has 0 bridgehead atoms. The van der Waals surface area contributed by atoms with Gasteiger partial charge in [-0.1, -0.05) is 18.3 Å². The highest BCUT2D eigenvalue weighted by Gasteiger charge is 2.12. The van der Waals surface area contributed by atoms with E-state index in [1.807, 2.05) is 6.92 Å². The number of rotatable bonds is 5. The number of fused-ring (bicyclic) bond motifs is 1. The first-order valence-electron chi connectivity index (χ1n) is 6.88. The summed E-state index contributed by atoms with van der Waals surface area (Å²) < 4.78 is 2.53. The summed E-state index contributed by atoms with van der Waals surface area (Å²) in [6.07, 6.45) is 0. The predicted octanol–water partition coefficient (Wildman–Crippen LogP) is 3.31. The first-order chi connectivity index (χ1) is 10.5. The van der Waals surface area contributed by atoms with E-state index in [0.29, 0.717) is 4.96 Å². The highest BCUT2D eigenvalue weighted by molar-refractivity contribution is 9.11. The zero-order chi connectivity index (χ0) is 15.7. The highest BCUT2D eigenvalue weighted by Crippen LogP contribution is 2.24. The molecule has 116 valence electrons. The van der Waals surface area contributed by atoms with Crippen LogP contribution in [0.4, 0.5) is 0 Å². The van der Waals surface area contributed by atoms with E-state index in [1.54, 1.807) is 11.3 Å². The van der Waals surface area contributed by atoms with Crippen LogP contribution >= 0.6 is 38.6 Å². The molecule has 5 nitrogen and oxygen atoms in total. The molecule has 0 radical (unpaired) electrons. The summed E-state index contributed by atoms with van der Waals surface area (Å²) >= 11 is 6.71. The van der Waals surface area contributed by atoms with Crippen molar-refractivity contribution in [3.05, 3.63) is 47.9 Å². The number of aromatic nitrogens is 3. The summed E-state index contributed by atoms with van der Waals surface area (Å²) in [5, 5.41) is 5.31. The fraction of sp³-hybridized carbons (Fsp3) is 0.357. The summed E-state index contributed by atoms with van der Waals surface area (Å²) in [6, 6.07) is 5.71. The number of hydrogen-bond acceptors (Lipinski definition) is 6. The average molecular weight is 399 g/mol. The van der Waals surface area contributed by atoms with Gasteiger partial charge in [-0.25, -0.2) is 4.98 Å². The van der Waals surface area contributed by atoms with Crippen LogP contribution in [0.15, 0.2) is 26.8 Å².